The van der Waals surface area contributed by atoms with Gasteiger partial charge in [0.15, 0.2) is 6.10 Å². The highest BCUT2D eigenvalue weighted by molar-refractivity contribution is 7.98. The topological polar surface area (TPSA) is 40.5 Å². The van der Waals surface area contributed by atoms with E-state index in [9.17, 15) is 23.1 Å². The normalized spacial score (nSPS) is 21.3. The highest BCUT2D eigenvalue weighted by Crippen LogP contribution is 2.31. The van der Waals surface area contributed by atoms with Crippen LogP contribution in [-0.2, 0) is 4.79 Å². The Morgan fingerprint density at radius 1 is 1.42 bits per heavy atom. The predicted octanol–water partition coefficient (Wildman–Crippen LogP) is 2.15. The standard InChI is InChI=1S/C12H20F3NO2S/c1-8(7-19-2)11(18)16-5-3-9(4-6-16)10(17)12(13,14)15/h8-10,17H,3-7H2,1-2H3. The lowest BCUT2D eigenvalue weighted by Gasteiger charge is -2.35. The summed E-state index contributed by atoms with van der Waals surface area (Å²) < 4.78 is 37.2. The SMILES string of the molecule is CSCC(C)C(=O)N1CCC(C(O)C(F)(F)F)CC1. The predicted molar refractivity (Wildman–Crippen MR) is 68.9 cm³/mol. The molecule has 7 heteroatoms. The zero-order valence-electron chi connectivity index (χ0n) is 11.1. The number of aliphatic hydroxyl groups is 1. The second-order valence-electron chi connectivity index (χ2n) is 5.01. The Morgan fingerprint density at radius 2 is 1.95 bits per heavy atom. The lowest BCUT2D eigenvalue weighted by molar-refractivity contribution is -0.223. The van der Waals surface area contributed by atoms with Crippen LogP contribution in [0.3, 0.4) is 0 Å². The van der Waals surface area contributed by atoms with Gasteiger partial charge in [-0.3, -0.25) is 4.79 Å². The summed E-state index contributed by atoms with van der Waals surface area (Å²) in [4.78, 5) is 13.6. The summed E-state index contributed by atoms with van der Waals surface area (Å²) in [5.74, 6) is -0.197. The fourth-order valence-electron chi connectivity index (χ4n) is 2.34. The number of amides is 1. The quantitative estimate of drug-likeness (QED) is 0.865. The van der Waals surface area contributed by atoms with E-state index in [1.165, 1.54) is 0 Å². The van der Waals surface area contributed by atoms with Crippen molar-refractivity contribution < 1.29 is 23.1 Å². The number of alkyl halides is 3. The van der Waals surface area contributed by atoms with Gasteiger partial charge >= 0.3 is 6.18 Å². The van der Waals surface area contributed by atoms with E-state index in [-0.39, 0.29) is 24.7 Å². The molecule has 3 nitrogen and oxygen atoms in total. The molecule has 0 aromatic rings. The molecule has 112 valence electrons. The Balaban J connectivity index is 2.47. The molecule has 1 rings (SSSR count). The number of thioether (sulfide) groups is 1. The third-order valence-corrected chi connectivity index (χ3v) is 4.30. The van der Waals surface area contributed by atoms with Crippen LogP contribution in [0, 0.1) is 11.8 Å². The zero-order chi connectivity index (χ0) is 14.6. The highest BCUT2D eigenvalue weighted by atomic mass is 32.2. The van der Waals surface area contributed by atoms with Crippen LogP contribution in [-0.4, -0.2) is 53.3 Å². The third-order valence-electron chi connectivity index (χ3n) is 3.47. The second-order valence-corrected chi connectivity index (χ2v) is 5.92. The number of nitrogens with zero attached hydrogens (tertiary/aromatic N) is 1. The number of hydrogen-bond donors (Lipinski definition) is 1. The van der Waals surface area contributed by atoms with E-state index in [4.69, 9.17) is 0 Å². The minimum atomic E-state index is -4.57. The molecule has 1 heterocycles. The van der Waals surface area contributed by atoms with Crippen molar-refractivity contribution in [1.82, 2.24) is 4.90 Å². The van der Waals surface area contributed by atoms with Crippen molar-refractivity contribution in [1.29, 1.82) is 0 Å². The molecule has 0 aromatic carbocycles. The first-order valence-corrected chi connectivity index (χ1v) is 7.69. The number of hydrogen-bond acceptors (Lipinski definition) is 3. The average molecular weight is 299 g/mol. The Bertz CT molecular complexity index is 304. The van der Waals surface area contributed by atoms with Gasteiger partial charge in [-0.1, -0.05) is 6.92 Å². The summed E-state index contributed by atoms with van der Waals surface area (Å²) in [5, 5.41) is 9.20. The van der Waals surface area contributed by atoms with Crippen LogP contribution in [0.2, 0.25) is 0 Å². The van der Waals surface area contributed by atoms with Gasteiger partial charge in [0, 0.05) is 24.8 Å². The number of aliphatic hydroxyl groups excluding tert-OH is 1. The van der Waals surface area contributed by atoms with E-state index in [2.05, 4.69) is 0 Å². The van der Waals surface area contributed by atoms with Crippen LogP contribution >= 0.6 is 11.8 Å². The molecule has 0 spiro atoms. The summed E-state index contributed by atoms with van der Waals surface area (Å²) in [7, 11) is 0. The van der Waals surface area contributed by atoms with E-state index in [0.717, 1.165) is 0 Å². The maximum absolute atomic E-state index is 12.4. The van der Waals surface area contributed by atoms with Crippen molar-refractivity contribution in [3.05, 3.63) is 0 Å². The van der Waals surface area contributed by atoms with E-state index >= 15 is 0 Å². The summed E-state index contributed by atoms with van der Waals surface area (Å²) in [5.41, 5.74) is 0. The molecule has 1 aliphatic heterocycles. The molecule has 0 saturated carbocycles. The molecule has 1 N–H and O–H groups in total. The molecule has 0 bridgehead atoms. The van der Waals surface area contributed by atoms with Crippen molar-refractivity contribution in [2.75, 3.05) is 25.1 Å². The first kappa shape index (κ1) is 16.6. The molecule has 0 radical (unpaired) electrons. The van der Waals surface area contributed by atoms with Gasteiger partial charge < -0.3 is 10.0 Å². The van der Waals surface area contributed by atoms with Gasteiger partial charge in [-0.15, -0.1) is 0 Å². The fourth-order valence-corrected chi connectivity index (χ4v) is 2.98. The van der Waals surface area contributed by atoms with Crippen molar-refractivity contribution in [2.45, 2.75) is 32.0 Å². The van der Waals surface area contributed by atoms with Crippen LogP contribution in [0.4, 0.5) is 13.2 Å². The van der Waals surface area contributed by atoms with E-state index in [0.29, 0.717) is 18.8 Å². The van der Waals surface area contributed by atoms with E-state index in [1.807, 2.05) is 13.2 Å². The van der Waals surface area contributed by atoms with Crippen molar-refractivity contribution >= 4 is 17.7 Å². The van der Waals surface area contributed by atoms with Crippen LogP contribution < -0.4 is 0 Å². The summed E-state index contributed by atoms with van der Waals surface area (Å²) >= 11 is 1.57. The van der Waals surface area contributed by atoms with Crippen molar-refractivity contribution in [2.24, 2.45) is 11.8 Å². The van der Waals surface area contributed by atoms with Gasteiger partial charge in [0.2, 0.25) is 5.91 Å². The number of piperidine rings is 1. The average Bonchev–Trinajstić information content (AvgIpc) is 2.36. The Morgan fingerprint density at radius 3 is 2.37 bits per heavy atom. The maximum atomic E-state index is 12.4. The highest BCUT2D eigenvalue weighted by Gasteiger charge is 2.44. The zero-order valence-corrected chi connectivity index (χ0v) is 11.9. The third kappa shape index (κ3) is 4.56. The van der Waals surface area contributed by atoms with Gasteiger partial charge in [-0.05, 0) is 25.0 Å². The first-order chi connectivity index (χ1) is 8.77. The van der Waals surface area contributed by atoms with Gasteiger partial charge in [-0.2, -0.15) is 24.9 Å². The summed E-state index contributed by atoms with van der Waals surface area (Å²) in [6.45, 7) is 2.43. The Kier molecular flexibility index (Phi) is 5.98. The van der Waals surface area contributed by atoms with Crippen molar-refractivity contribution in [3.63, 3.8) is 0 Å². The monoisotopic (exact) mass is 299 g/mol. The Labute approximate surface area is 115 Å². The Hall–Kier alpha value is -0.430. The minimum absolute atomic E-state index is 0.00528. The number of carbonyl (C=O) groups excluding carboxylic acids is 1. The van der Waals surface area contributed by atoms with Gasteiger partial charge in [-0.25, -0.2) is 0 Å². The number of carbonyl (C=O) groups is 1. The molecular weight excluding hydrogens is 279 g/mol. The van der Waals surface area contributed by atoms with Gasteiger partial charge in [0.05, 0.1) is 0 Å². The molecular formula is C12H20F3NO2S. The first-order valence-electron chi connectivity index (χ1n) is 6.30. The largest absolute Gasteiger partial charge is 0.414 e. The summed E-state index contributed by atoms with van der Waals surface area (Å²) in [6, 6.07) is 0. The van der Waals surface area contributed by atoms with E-state index in [1.54, 1.807) is 16.7 Å². The lowest BCUT2D eigenvalue weighted by Crippen LogP contribution is -2.46. The van der Waals surface area contributed by atoms with Crippen LogP contribution in [0.1, 0.15) is 19.8 Å². The molecule has 1 saturated heterocycles. The van der Waals surface area contributed by atoms with Crippen molar-refractivity contribution in [3.8, 4) is 0 Å². The number of rotatable bonds is 4. The number of likely N-dealkylation sites (tertiary alicyclic amines) is 1. The molecule has 19 heavy (non-hydrogen) atoms. The minimum Gasteiger partial charge on any atom is -0.383 e. The molecule has 1 fully saturated rings. The lowest BCUT2D eigenvalue weighted by atomic mass is 9.90. The molecule has 1 amide bonds. The van der Waals surface area contributed by atoms with E-state index < -0.39 is 18.2 Å². The molecule has 0 aliphatic carbocycles. The van der Waals surface area contributed by atoms with Crippen LogP contribution in [0.5, 0.6) is 0 Å². The summed E-state index contributed by atoms with van der Waals surface area (Å²) in [6.07, 6.45) is -4.51. The van der Waals surface area contributed by atoms with Crippen LogP contribution in [0.25, 0.3) is 0 Å². The maximum Gasteiger partial charge on any atom is 0.414 e. The molecule has 1 aliphatic rings. The smallest absolute Gasteiger partial charge is 0.383 e. The van der Waals surface area contributed by atoms with Gasteiger partial charge in [0.25, 0.3) is 0 Å². The second kappa shape index (κ2) is 6.83. The molecule has 2 atom stereocenters. The van der Waals surface area contributed by atoms with Gasteiger partial charge in [0.1, 0.15) is 0 Å². The fraction of sp³-hybridized carbons (Fsp3) is 0.917. The van der Waals surface area contributed by atoms with Crippen LogP contribution in [0.15, 0.2) is 0 Å². The molecule has 2 unspecified atom stereocenters. The molecule has 0 aromatic heterocycles. The number of halogens is 3.